The molecule has 3 aliphatic heterocycles. The predicted octanol–water partition coefficient (Wildman–Crippen LogP) is 6.12. The number of aliphatic imine (C=N–C) groups is 1. The largest absolute Gasteiger partial charge is 0.416 e. The van der Waals surface area contributed by atoms with E-state index in [2.05, 4.69) is 16.8 Å². The predicted molar refractivity (Wildman–Crippen MR) is 135 cm³/mol. The minimum Gasteiger partial charge on any atom is -0.381 e. The van der Waals surface area contributed by atoms with Crippen LogP contribution in [0.4, 0.5) is 13.2 Å². The SMILES string of the molecule is C[C@H]1c2c([nH]c3ccc(C(F)(F)F)cc23)CC2CCN(CCC3(C4=NCCS4)CCOCC3)CC21. The zero-order valence-corrected chi connectivity index (χ0v) is 21.1. The normalized spacial score (nSPS) is 29.1. The monoisotopic (exact) mass is 505 g/mol. The molecule has 1 N–H and O–H groups in total. The van der Waals surface area contributed by atoms with Gasteiger partial charge in [-0.05, 0) is 86.7 Å². The maximum Gasteiger partial charge on any atom is 0.416 e. The number of aromatic amines is 1. The molecule has 2 saturated heterocycles. The molecule has 2 unspecified atom stereocenters. The van der Waals surface area contributed by atoms with E-state index in [1.807, 2.05) is 11.8 Å². The number of benzene rings is 1. The Morgan fingerprint density at radius 2 is 2.09 bits per heavy atom. The molecule has 3 atom stereocenters. The highest BCUT2D eigenvalue weighted by molar-refractivity contribution is 8.14. The van der Waals surface area contributed by atoms with Crippen LogP contribution in [-0.2, 0) is 17.3 Å². The van der Waals surface area contributed by atoms with Crippen molar-refractivity contribution in [1.29, 1.82) is 0 Å². The Kier molecular flexibility index (Phi) is 6.21. The van der Waals surface area contributed by atoms with Gasteiger partial charge >= 0.3 is 6.18 Å². The molecule has 0 spiro atoms. The zero-order chi connectivity index (χ0) is 24.2. The van der Waals surface area contributed by atoms with Gasteiger partial charge in [-0.2, -0.15) is 13.2 Å². The van der Waals surface area contributed by atoms with E-state index in [9.17, 15) is 13.2 Å². The molecule has 190 valence electrons. The molecular weight excluding hydrogens is 471 g/mol. The number of nitrogens with one attached hydrogen (secondary N) is 1. The lowest BCUT2D eigenvalue weighted by Crippen LogP contribution is -2.47. The lowest BCUT2D eigenvalue weighted by molar-refractivity contribution is -0.137. The quantitative estimate of drug-likeness (QED) is 0.545. The molecule has 2 fully saturated rings. The molecule has 0 radical (unpaired) electrons. The van der Waals surface area contributed by atoms with Crippen molar-refractivity contribution in [2.24, 2.45) is 22.2 Å². The number of fused-ring (bicyclic) bond motifs is 4. The summed E-state index contributed by atoms with van der Waals surface area (Å²) in [6.45, 7) is 8.02. The minimum atomic E-state index is -4.32. The fourth-order valence-electron chi connectivity index (χ4n) is 7.09. The molecule has 4 heterocycles. The third-order valence-corrected chi connectivity index (χ3v) is 10.3. The van der Waals surface area contributed by atoms with Gasteiger partial charge in [-0.15, -0.1) is 11.8 Å². The fraction of sp³-hybridized carbons (Fsp3) is 0.667. The Balaban J connectivity index is 1.20. The van der Waals surface area contributed by atoms with E-state index >= 15 is 0 Å². The number of halogens is 3. The van der Waals surface area contributed by atoms with Crippen LogP contribution in [0.25, 0.3) is 10.9 Å². The van der Waals surface area contributed by atoms with Gasteiger partial charge in [-0.25, -0.2) is 0 Å². The molecule has 1 aromatic carbocycles. The van der Waals surface area contributed by atoms with Crippen LogP contribution in [0, 0.1) is 17.3 Å². The molecule has 2 aromatic rings. The number of hydrogen-bond donors (Lipinski definition) is 1. The van der Waals surface area contributed by atoms with Gasteiger partial charge in [-0.3, -0.25) is 4.99 Å². The minimum absolute atomic E-state index is 0.173. The topological polar surface area (TPSA) is 40.6 Å². The van der Waals surface area contributed by atoms with Gasteiger partial charge in [0.1, 0.15) is 0 Å². The van der Waals surface area contributed by atoms with Gasteiger partial charge in [0.05, 0.1) is 10.6 Å². The van der Waals surface area contributed by atoms with Crippen molar-refractivity contribution >= 4 is 27.7 Å². The Bertz CT molecular complexity index is 1120. The molecule has 6 rings (SSSR count). The molecule has 4 nitrogen and oxygen atoms in total. The van der Waals surface area contributed by atoms with Gasteiger partial charge < -0.3 is 14.6 Å². The number of rotatable bonds is 4. The van der Waals surface area contributed by atoms with Crippen molar-refractivity contribution in [2.45, 2.75) is 51.1 Å². The maximum absolute atomic E-state index is 13.4. The smallest absolute Gasteiger partial charge is 0.381 e. The van der Waals surface area contributed by atoms with Crippen molar-refractivity contribution in [2.75, 3.05) is 45.1 Å². The molecule has 8 heteroatoms. The van der Waals surface area contributed by atoms with Crippen molar-refractivity contribution < 1.29 is 17.9 Å². The second kappa shape index (κ2) is 9.10. The first-order valence-corrected chi connectivity index (χ1v) is 14.0. The van der Waals surface area contributed by atoms with Crippen LogP contribution < -0.4 is 0 Å². The third-order valence-electron chi connectivity index (χ3n) is 9.10. The molecule has 0 amide bonds. The van der Waals surface area contributed by atoms with Crippen LogP contribution in [-0.4, -0.2) is 60.1 Å². The first kappa shape index (κ1) is 23.9. The average Bonchev–Trinajstić information content (AvgIpc) is 3.51. The number of likely N-dealkylation sites (tertiary alicyclic amines) is 1. The van der Waals surface area contributed by atoms with Gasteiger partial charge in [0.2, 0.25) is 0 Å². The summed E-state index contributed by atoms with van der Waals surface area (Å²) in [6.07, 6.45) is 1.04. The first-order valence-electron chi connectivity index (χ1n) is 13.0. The van der Waals surface area contributed by atoms with Gasteiger partial charge in [0, 0.05) is 54.1 Å². The summed E-state index contributed by atoms with van der Waals surface area (Å²) in [5, 5.41) is 2.11. The van der Waals surface area contributed by atoms with Crippen LogP contribution in [0.5, 0.6) is 0 Å². The number of aromatic nitrogens is 1. The van der Waals surface area contributed by atoms with Crippen LogP contribution in [0.1, 0.15) is 55.3 Å². The van der Waals surface area contributed by atoms with Crippen molar-refractivity contribution in [3.05, 3.63) is 35.0 Å². The van der Waals surface area contributed by atoms with E-state index in [1.54, 1.807) is 6.07 Å². The first-order chi connectivity index (χ1) is 16.8. The maximum atomic E-state index is 13.4. The second-order valence-electron chi connectivity index (χ2n) is 11.0. The Labute approximate surface area is 209 Å². The molecular formula is C27H34F3N3OS. The Morgan fingerprint density at radius 1 is 1.26 bits per heavy atom. The zero-order valence-electron chi connectivity index (χ0n) is 20.3. The second-order valence-corrected chi connectivity index (χ2v) is 12.0. The van der Waals surface area contributed by atoms with Crippen molar-refractivity contribution in [3.8, 4) is 0 Å². The molecule has 1 aromatic heterocycles. The molecule has 0 bridgehead atoms. The van der Waals surface area contributed by atoms with E-state index in [1.165, 1.54) is 17.2 Å². The number of nitrogens with zero attached hydrogens (tertiary/aromatic N) is 2. The van der Waals surface area contributed by atoms with Gasteiger partial charge in [0.25, 0.3) is 0 Å². The number of ether oxygens (including phenoxy) is 1. The molecule has 35 heavy (non-hydrogen) atoms. The molecule has 4 aliphatic rings. The highest BCUT2D eigenvalue weighted by atomic mass is 32.2. The highest BCUT2D eigenvalue weighted by Gasteiger charge is 2.43. The average molecular weight is 506 g/mol. The summed E-state index contributed by atoms with van der Waals surface area (Å²) >= 11 is 1.94. The third kappa shape index (κ3) is 4.33. The lowest BCUT2D eigenvalue weighted by atomic mass is 9.68. The number of hydrogen-bond acceptors (Lipinski definition) is 4. The molecule has 0 saturated carbocycles. The fourth-order valence-corrected chi connectivity index (χ4v) is 8.26. The highest BCUT2D eigenvalue weighted by Crippen LogP contribution is 2.48. The summed E-state index contributed by atoms with van der Waals surface area (Å²) in [4.78, 5) is 11.0. The van der Waals surface area contributed by atoms with E-state index in [0.717, 1.165) is 99.4 Å². The summed E-state index contributed by atoms with van der Waals surface area (Å²) in [7, 11) is 0. The van der Waals surface area contributed by atoms with Crippen LogP contribution in [0.3, 0.4) is 0 Å². The van der Waals surface area contributed by atoms with Gasteiger partial charge in [0.15, 0.2) is 0 Å². The van der Waals surface area contributed by atoms with Crippen molar-refractivity contribution in [3.63, 3.8) is 0 Å². The summed E-state index contributed by atoms with van der Waals surface area (Å²) < 4.78 is 46.0. The van der Waals surface area contributed by atoms with E-state index in [-0.39, 0.29) is 11.3 Å². The number of thioether (sulfide) groups is 1. The summed E-state index contributed by atoms with van der Waals surface area (Å²) in [6, 6.07) is 4.16. The Morgan fingerprint density at radius 3 is 2.83 bits per heavy atom. The van der Waals surface area contributed by atoms with Gasteiger partial charge in [-0.1, -0.05) is 6.92 Å². The van der Waals surface area contributed by atoms with E-state index in [4.69, 9.17) is 9.73 Å². The number of H-pyrrole nitrogens is 1. The molecule has 1 aliphatic carbocycles. The standard InChI is InChI=1S/C27H34F3N3OS/c1-17-21-16-33(10-5-26(6-11-34-12-7-26)25-31-8-13-35-25)9-4-18(21)14-23-24(17)20-15-19(27(28,29)30)2-3-22(20)32-23/h2-3,15,17-18,21,32H,4-14,16H2,1H3/t17-,18?,21?/m1/s1. The number of alkyl halides is 3. The van der Waals surface area contributed by atoms with Crippen LogP contribution >= 0.6 is 11.8 Å². The summed E-state index contributed by atoms with van der Waals surface area (Å²) in [5.74, 6) is 2.42. The van der Waals surface area contributed by atoms with E-state index < -0.39 is 11.7 Å². The number of piperidine rings is 1. The summed E-state index contributed by atoms with van der Waals surface area (Å²) in [5.41, 5.74) is 2.72. The van der Waals surface area contributed by atoms with E-state index in [0.29, 0.717) is 11.8 Å². The van der Waals surface area contributed by atoms with Crippen LogP contribution in [0.15, 0.2) is 23.2 Å². The van der Waals surface area contributed by atoms with Crippen LogP contribution in [0.2, 0.25) is 0 Å². The van der Waals surface area contributed by atoms with Crippen molar-refractivity contribution in [1.82, 2.24) is 9.88 Å². The lowest BCUT2D eigenvalue weighted by Gasteiger charge is -2.46. The Hall–Kier alpha value is -1.51.